The fourth-order valence-electron chi connectivity index (χ4n) is 5.10. The molecule has 0 fully saturated rings. The second kappa shape index (κ2) is 11.0. The molecule has 0 radical (unpaired) electrons. The number of carboxylic acids is 1. The van der Waals surface area contributed by atoms with Crippen molar-refractivity contribution in [1.29, 1.82) is 0 Å². The summed E-state index contributed by atoms with van der Waals surface area (Å²) < 4.78 is 0. The molecule has 0 spiro atoms. The van der Waals surface area contributed by atoms with Crippen LogP contribution in [0, 0.1) is 11.8 Å². The van der Waals surface area contributed by atoms with Gasteiger partial charge >= 0.3 is 5.97 Å². The van der Waals surface area contributed by atoms with Gasteiger partial charge in [-0.3, -0.25) is 0 Å². The molecule has 3 aromatic rings. The highest BCUT2D eigenvalue weighted by molar-refractivity contribution is 7.98. The van der Waals surface area contributed by atoms with Crippen molar-refractivity contribution < 1.29 is 20.1 Å². The van der Waals surface area contributed by atoms with Gasteiger partial charge in [0.2, 0.25) is 0 Å². The van der Waals surface area contributed by atoms with E-state index in [0.717, 1.165) is 24.2 Å². The summed E-state index contributed by atoms with van der Waals surface area (Å²) in [5, 5.41) is 30.3. The summed E-state index contributed by atoms with van der Waals surface area (Å²) in [6, 6.07) is 16.9. The van der Waals surface area contributed by atoms with Crippen LogP contribution < -0.4 is 4.90 Å². The first-order valence-corrected chi connectivity index (χ1v) is 14.1. The molecule has 3 N–H and O–H groups in total. The number of fused-ring (bicyclic) bond motifs is 1. The van der Waals surface area contributed by atoms with Crippen LogP contribution >= 0.6 is 11.8 Å². The number of aromatic carboxylic acids is 1. The lowest BCUT2D eigenvalue weighted by molar-refractivity contribution is 0.0693. The van der Waals surface area contributed by atoms with Crippen molar-refractivity contribution in [1.82, 2.24) is 0 Å². The molecule has 0 bridgehead atoms. The van der Waals surface area contributed by atoms with Crippen molar-refractivity contribution in [2.75, 3.05) is 19.0 Å². The van der Waals surface area contributed by atoms with E-state index in [1.54, 1.807) is 11.8 Å². The van der Waals surface area contributed by atoms with E-state index in [1.165, 1.54) is 45.5 Å². The first kappa shape index (κ1) is 28.6. The molecule has 5 nitrogen and oxygen atoms in total. The van der Waals surface area contributed by atoms with Crippen LogP contribution in [0.4, 0.5) is 5.69 Å². The van der Waals surface area contributed by atoms with E-state index in [2.05, 4.69) is 80.8 Å². The Hall–Kier alpha value is -3.40. The first-order chi connectivity index (χ1) is 18.3. The van der Waals surface area contributed by atoms with Crippen molar-refractivity contribution in [3.63, 3.8) is 0 Å². The number of hydrogen-bond acceptors (Lipinski definition) is 5. The summed E-state index contributed by atoms with van der Waals surface area (Å²) in [5.74, 6) is 5.06. The number of aromatic hydroxyl groups is 1. The topological polar surface area (TPSA) is 81.0 Å². The van der Waals surface area contributed by atoms with Crippen LogP contribution in [-0.4, -0.2) is 35.4 Å². The average Bonchev–Trinajstić information content (AvgIpc) is 2.88. The predicted octanol–water partition coefficient (Wildman–Crippen LogP) is 6.88. The summed E-state index contributed by atoms with van der Waals surface area (Å²) in [7, 11) is 4.07. The first-order valence-electron chi connectivity index (χ1n) is 13.1. The Kier molecular flexibility index (Phi) is 8.07. The Morgan fingerprint density at radius 2 is 1.67 bits per heavy atom. The van der Waals surface area contributed by atoms with E-state index < -0.39 is 12.1 Å². The largest absolute Gasteiger partial charge is 0.507 e. The highest BCUT2D eigenvalue weighted by Gasteiger charge is 2.39. The number of hydrogen-bond donors (Lipinski definition) is 3. The minimum atomic E-state index is -1.20. The smallest absolute Gasteiger partial charge is 0.339 e. The monoisotopic (exact) mass is 543 g/mol. The molecular formula is C33H37NO4S. The van der Waals surface area contributed by atoms with E-state index >= 15 is 0 Å². The normalized spacial score (nSPS) is 16.0. The predicted molar refractivity (Wildman–Crippen MR) is 159 cm³/mol. The second-order valence-electron chi connectivity index (χ2n) is 11.8. The molecule has 1 aliphatic carbocycles. The zero-order chi connectivity index (χ0) is 28.5. The molecule has 0 heterocycles. The van der Waals surface area contributed by atoms with Crippen LogP contribution in [0.3, 0.4) is 0 Å². The number of rotatable bonds is 6. The summed E-state index contributed by atoms with van der Waals surface area (Å²) in [5.41, 5.74) is 5.99. The maximum Gasteiger partial charge on any atom is 0.339 e. The van der Waals surface area contributed by atoms with Gasteiger partial charge in [-0.1, -0.05) is 57.7 Å². The minimum absolute atomic E-state index is 0.0144. The molecule has 1 atom stereocenters. The third-order valence-corrected chi connectivity index (χ3v) is 8.76. The molecule has 4 rings (SSSR count). The van der Waals surface area contributed by atoms with Crippen molar-refractivity contribution in [2.45, 2.75) is 68.1 Å². The van der Waals surface area contributed by atoms with Crippen molar-refractivity contribution >= 4 is 23.4 Å². The molecule has 1 aliphatic rings. The SMILES string of the molecule is CN(C)c1ccc(CSc2cc(C(O)C#Cc3ccc(C(=O)O)c(O)c3)cc3c2C(C)(C)CCC3(C)C)cc1. The molecule has 0 saturated heterocycles. The van der Waals surface area contributed by atoms with Gasteiger partial charge < -0.3 is 20.2 Å². The van der Waals surface area contributed by atoms with Gasteiger partial charge in [0.05, 0.1) is 0 Å². The Bertz CT molecular complexity index is 1450. The number of phenols is 1. The van der Waals surface area contributed by atoms with Gasteiger partial charge in [0.25, 0.3) is 0 Å². The van der Waals surface area contributed by atoms with Gasteiger partial charge in [-0.2, -0.15) is 0 Å². The van der Waals surface area contributed by atoms with Crippen LogP contribution in [-0.2, 0) is 16.6 Å². The lowest BCUT2D eigenvalue weighted by Gasteiger charge is -2.43. The van der Waals surface area contributed by atoms with Gasteiger partial charge in [0.15, 0.2) is 0 Å². The number of thioether (sulfide) groups is 1. The number of nitrogens with zero attached hydrogens (tertiary/aromatic N) is 1. The van der Waals surface area contributed by atoms with Gasteiger partial charge in [-0.05, 0) is 82.3 Å². The third-order valence-electron chi connectivity index (χ3n) is 7.65. The fourth-order valence-corrected chi connectivity index (χ4v) is 6.37. The maximum absolute atomic E-state index is 11.2. The van der Waals surface area contributed by atoms with Crippen LogP contribution in [0.2, 0.25) is 0 Å². The Balaban J connectivity index is 1.70. The van der Waals surface area contributed by atoms with Crippen molar-refractivity contribution in [2.24, 2.45) is 0 Å². The van der Waals surface area contributed by atoms with Gasteiger partial charge in [0.1, 0.15) is 17.4 Å². The van der Waals surface area contributed by atoms with Gasteiger partial charge in [-0.25, -0.2) is 4.79 Å². The van der Waals surface area contributed by atoms with Crippen molar-refractivity contribution in [3.05, 3.63) is 88.0 Å². The standard InChI is InChI=1S/C33H37NO4S/c1-32(2)15-16-33(3,4)30-26(32)18-23(19-29(30)39-20-22-7-11-24(12-8-22)34(5)6)27(35)14-10-21-9-13-25(31(37)38)28(36)17-21/h7-9,11-13,17-19,27,35-36H,15-16,20H2,1-6H3,(H,37,38). The fraction of sp³-hybridized carbons (Fsp3) is 0.364. The number of carbonyl (C=O) groups is 1. The summed E-state index contributed by atoms with van der Waals surface area (Å²) in [6.07, 6.45) is 1.12. The lowest BCUT2D eigenvalue weighted by atomic mass is 9.63. The Morgan fingerprint density at radius 3 is 2.28 bits per heavy atom. The van der Waals surface area contributed by atoms with E-state index in [1.807, 2.05) is 14.1 Å². The number of carboxylic acid groups (broad SMARTS) is 1. The highest BCUT2D eigenvalue weighted by Crippen LogP contribution is 2.50. The van der Waals surface area contributed by atoms with E-state index in [0.29, 0.717) is 5.56 Å². The van der Waals surface area contributed by atoms with E-state index in [-0.39, 0.29) is 22.1 Å². The van der Waals surface area contributed by atoms with E-state index in [9.17, 15) is 15.0 Å². The Morgan fingerprint density at radius 1 is 1.00 bits per heavy atom. The van der Waals surface area contributed by atoms with Crippen LogP contribution in [0.25, 0.3) is 0 Å². The molecule has 0 aliphatic heterocycles. The molecular weight excluding hydrogens is 506 g/mol. The lowest BCUT2D eigenvalue weighted by Crippen LogP contribution is -2.34. The summed E-state index contributed by atoms with van der Waals surface area (Å²) in [4.78, 5) is 14.4. The summed E-state index contributed by atoms with van der Waals surface area (Å²) in [6.45, 7) is 9.15. The summed E-state index contributed by atoms with van der Waals surface area (Å²) >= 11 is 1.80. The molecule has 39 heavy (non-hydrogen) atoms. The molecule has 0 amide bonds. The van der Waals surface area contributed by atoms with Gasteiger partial charge in [-0.15, -0.1) is 11.8 Å². The maximum atomic E-state index is 11.2. The number of benzene rings is 3. The Labute approximate surface area is 235 Å². The molecule has 204 valence electrons. The number of aliphatic hydroxyl groups excluding tert-OH is 1. The van der Waals surface area contributed by atoms with E-state index in [4.69, 9.17) is 5.11 Å². The third kappa shape index (κ3) is 6.27. The number of aliphatic hydroxyl groups is 1. The molecule has 3 aromatic carbocycles. The minimum Gasteiger partial charge on any atom is -0.507 e. The van der Waals surface area contributed by atoms with Gasteiger partial charge in [0, 0.05) is 36.0 Å². The second-order valence-corrected chi connectivity index (χ2v) is 12.8. The molecule has 6 heteroatoms. The van der Waals surface area contributed by atoms with Crippen molar-refractivity contribution in [3.8, 4) is 17.6 Å². The van der Waals surface area contributed by atoms with Crippen LogP contribution in [0.15, 0.2) is 59.5 Å². The molecule has 0 aromatic heterocycles. The highest BCUT2D eigenvalue weighted by atomic mass is 32.2. The molecule has 0 saturated carbocycles. The van der Waals surface area contributed by atoms with Crippen LogP contribution in [0.1, 0.15) is 84.8 Å². The average molecular weight is 544 g/mol. The molecule has 1 unspecified atom stereocenters. The number of anilines is 1. The zero-order valence-corrected chi connectivity index (χ0v) is 24.3. The van der Waals surface area contributed by atoms with Crippen LogP contribution in [0.5, 0.6) is 5.75 Å². The zero-order valence-electron chi connectivity index (χ0n) is 23.5. The quantitative estimate of drug-likeness (QED) is 0.232.